The van der Waals surface area contributed by atoms with Gasteiger partial charge in [0, 0.05) is 24.7 Å². The van der Waals surface area contributed by atoms with Crippen molar-refractivity contribution in [2.24, 2.45) is 46.3 Å². The summed E-state index contributed by atoms with van der Waals surface area (Å²) in [5.41, 5.74) is 0.683. The van der Waals surface area contributed by atoms with Crippen LogP contribution in [-0.2, 0) is 19.1 Å². The van der Waals surface area contributed by atoms with Crippen LogP contribution < -0.4 is 0 Å². The molecular weight excluding hydrogens is 464 g/mol. The summed E-state index contributed by atoms with van der Waals surface area (Å²) >= 11 is 0. The van der Waals surface area contributed by atoms with Gasteiger partial charge in [-0.25, -0.2) is 0 Å². The fourth-order valence-electron chi connectivity index (χ4n) is 9.02. The van der Waals surface area contributed by atoms with E-state index in [1.54, 1.807) is 6.92 Å². The summed E-state index contributed by atoms with van der Waals surface area (Å²) in [4.78, 5) is 35.0. The number of aliphatic carboxylic acids is 1. The number of ketones is 1. The fraction of sp³-hybridized carbons (Fsp3) is 0.906. The maximum Gasteiger partial charge on any atom is 0.305 e. The molecule has 0 spiro atoms. The van der Waals surface area contributed by atoms with Crippen LogP contribution in [0.5, 0.6) is 0 Å². The predicted octanol–water partition coefficient (Wildman–Crippen LogP) is 8.09. The number of carboxylic acid groups (broad SMARTS) is 1. The Bertz CT molecular complexity index is 762. The minimum absolute atomic E-state index is 0.0505. The van der Waals surface area contributed by atoms with Gasteiger partial charge in [-0.2, -0.15) is 0 Å². The maximum atomic E-state index is 13.9. The molecule has 0 amide bonds. The van der Waals surface area contributed by atoms with E-state index in [-0.39, 0.29) is 12.4 Å². The fourth-order valence-corrected chi connectivity index (χ4v) is 9.02. The second kappa shape index (κ2) is 14.1. The topological polar surface area (TPSA) is 80.7 Å². The summed E-state index contributed by atoms with van der Waals surface area (Å²) in [6.07, 6.45) is 14.2. The summed E-state index contributed by atoms with van der Waals surface area (Å²) in [6, 6.07) is 0. The summed E-state index contributed by atoms with van der Waals surface area (Å²) in [7, 11) is 0. The smallest absolute Gasteiger partial charge is 0.305 e. The molecule has 0 aromatic heterocycles. The largest absolute Gasteiger partial charge is 0.481 e. The average Bonchev–Trinajstić information content (AvgIpc) is 3.22. The number of hydrogen-bond acceptors (Lipinski definition) is 4. The van der Waals surface area contributed by atoms with Gasteiger partial charge in [-0.3, -0.25) is 14.4 Å². The highest BCUT2D eigenvalue weighted by atomic mass is 16.5. The molecule has 4 rings (SSSR count). The Kier molecular flexibility index (Phi) is 12.1. The second-order valence-corrected chi connectivity index (χ2v) is 12.3. The molecule has 0 saturated heterocycles. The van der Waals surface area contributed by atoms with E-state index in [4.69, 9.17) is 9.84 Å². The Morgan fingerprint density at radius 2 is 1.57 bits per heavy atom. The number of fused-ring (bicyclic) bond motifs is 5. The van der Waals surface area contributed by atoms with E-state index in [0.29, 0.717) is 65.1 Å². The highest BCUT2D eigenvalue weighted by Gasteiger charge is 2.63. The number of rotatable bonds is 7. The van der Waals surface area contributed by atoms with Gasteiger partial charge in [-0.05, 0) is 99.2 Å². The lowest BCUT2D eigenvalue weighted by Crippen LogP contribution is -2.59. The lowest BCUT2D eigenvalue weighted by Gasteiger charge is -2.61. The first-order chi connectivity index (χ1) is 17.6. The Morgan fingerprint density at radius 1 is 0.919 bits per heavy atom. The van der Waals surface area contributed by atoms with Crippen LogP contribution in [0.4, 0.5) is 0 Å². The quantitative estimate of drug-likeness (QED) is 0.343. The molecular formula is C32H56O5. The zero-order valence-electron chi connectivity index (χ0n) is 24.9. The Balaban J connectivity index is 0.000000617. The number of carbonyl (C=O) groups is 3. The first-order valence-corrected chi connectivity index (χ1v) is 15.5. The summed E-state index contributed by atoms with van der Waals surface area (Å²) in [6.45, 7) is 15.3. The standard InChI is InChI=1S/C27H44O3.C3H6O2.C2H6/c1-5-19-20-11-7-8-16-27(20,4)22-15-17-26(3)18(10-9-12-23(28)30-6-2)13-14-21(26)24(22)25(19)29;1-2-3(4)5;1-2/h18-22,24H,5-17H2,1-4H3;2H2,1H3,(H,4,5);1-2H3. The molecule has 8 unspecified atom stereocenters. The monoisotopic (exact) mass is 520 g/mol. The number of esters is 1. The zero-order chi connectivity index (χ0) is 27.8. The third kappa shape index (κ3) is 6.61. The van der Waals surface area contributed by atoms with E-state index in [1.165, 1.54) is 51.4 Å². The van der Waals surface area contributed by atoms with Gasteiger partial charge in [-0.15, -0.1) is 0 Å². The lowest BCUT2D eigenvalue weighted by atomic mass is 9.42. The zero-order valence-corrected chi connectivity index (χ0v) is 24.9. The molecule has 0 radical (unpaired) electrons. The van der Waals surface area contributed by atoms with Gasteiger partial charge in [0.15, 0.2) is 0 Å². The van der Waals surface area contributed by atoms with Gasteiger partial charge >= 0.3 is 11.9 Å². The molecule has 0 aliphatic heterocycles. The van der Waals surface area contributed by atoms with Crippen molar-refractivity contribution in [3.8, 4) is 0 Å². The van der Waals surface area contributed by atoms with Crippen molar-refractivity contribution in [3.63, 3.8) is 0 Å². The molecule has 1 N–H and O–H groups in total. The van der Waals surface area contributed by atoms with Crippen LogP contribution in [0.25, 0.3) is 0 Å². The van der Waals surface area contributed by atoms with Crippen LogP contribution in [0, 0.1) is 46.3 Å². The normalized spacial score (nSPS) is 38.0. The van der Waals surface area contributed by atoms with Crippen molar-refractivity contribution >= 4 is 17.7 Å². The van der Waals surface area contributed by atoms with Crippen molar-refractivity contribution in [3.05, 3.63) is 0 Å². The minimum Gasteiger partial charge on any atom is -0.481 e. The van der Waals surface area contributed by atoms with Crippen molar-refractivity contribution in [1.29, 1.82) is 0 Å². The molecule has 214 valence electrons. The second-order valence-electron chi connectivity index (χ2n) is 12.3. The molecule has 5 heteroatoms. The third-order valence-electron chi connectivity index (χ3n) is 10.8. The third-order valence-corrected chi connectivity index (χ3v) is 10.8. The van der Waals surface area contributed by atoms with E-state index in [2.05, 4.69) is 20.8 Å². The Morgan fingerprint density at radius 3 is 2.16 bits per heavy atom. The molecule has 0 aromatic carbocycles. The number of hydrogen-bond donors (Lipinski definition) is 1. The molecule has 4 saturated carbocycles. The molecule has 4 fully saturated rings. The van der Waals surface area contributed by atoms with Crippen molar-refractivity contribution in [2.45, 2.75) is 132 Å². The number of carbonyl (C=O) groups excluding carboxylic acids is 2. The maximum absolute atomic E-state index is 13.9. The number of Topliss-reactive ketones (excluding diaryl/α,β-unsaturated/α-hetero) is 1. The van der Waals surface area contributed by atoms with Crippen LogP contribution >= 0.6 is 0 Å². The highest BCUT2D eigenvalue weighted by Crippen LogP contribution is 2.68. The van der Waals surface area contributed by atoms with Crippen LogP contribution in [-0.4, -0.2) is 29.4 Å². The van der Waals surface area contributed by atoms with Crippen LogP contribution in [0.1, 0.15) is 132 Å². The minimum atomic E-state index is -0.745. The molecule has 4 aliphatic rings. The van der Waals surface area contributed by atoms with Crippen LogP contribution in [0.2, 0.25) is 0 Å². The van der Waals surface area contributed by atoms with Gasteiger partial charge in [0.25, 0.3) is 0 Å². The molecule has 5 nitrogen and oxygen atoms in total. The SMILES string of the molecule is CC.CCC(=O)O.CCOC(=O)CCCC1CCC2C3C(=O)C(CC)C4CCCCC4(C)C3CCC12C. The first kappa shape index (κ1) is 31.8. The summed E-state index contributed by atoms with van der Waals surface area (Å²) in [5, 5.41) is 7.72. The summed E-state index contributed by atoms with van der Waals surface area (Å²) < 4.78 is 5.13. The molecule has 0 bridgehead atoms. The van der Waals surface area contributed by atoms with Crippen LogP contribution in [0.3, 0.4) is 0 Å². The number of ether oxygens (including phenoxy) is 1. The van der Waals surface area contributed by atoms with Crippen molar-refractivity contribution in [1.82, 2.24) is 0 Å². The molecule has 8 atom stereocenters. The van der Waals surface area contributed by atoms with E-state index in [1.807, 2.05) is 20.8 Å². The van der Waals surface area contributed by atoms with E-state index in [0.717, 1.165) is 19.3 Å². The van der Waals surface area contributed by atoms with Crippen LogP contribution in [0.15, 0.2) is 0 Å². The Hall–Kier alpha value is -1.39. The summed E-state index contributed by atoms with van der Waals surface area (Å²) in [5.74, 6) is 2.97. The van der Waals surface area contributed by atoms with Crippen molar-refractivity contribution in [2.75, 3.05) is 6.61 Å². The van der Waals surface area contributed by atoms with E-state index >= 15 is 0 Å². The van der Waals surface area contributed by atoms with E-state index < -0.39 is 5.97 Å². The van der Waals surface area contributed by atoms with E-state index in [9.17, 15) is 14.4 Å². The van der Waals surface area contributed by atoms with Gasteiger partial charge in [0.2, 0.25) is 0 Å². The molecule has 0 aromatic rings. The predicted molar refractivity (Wildman–Crippen MR) is 149 cm³/mol. The average molecular weight is 521 g/mol. The van der Waals surface area contributed by atoms with Gasteiger partial charge < -0.3 is 9.84 Å². The Labute approximate surface area is 226 Å². The van der Waals surface area contributed by atoms with Crippen molar-refractivity contribution < 1.29 is 24.2 Å². The van der Waals surface area contributed by atoms with Gasteiger partial charge in [0.1, 0.15) is 5.78 Å². The molecule has 4 aliphatic carbocycles. The first-order valence-electron chi connectivity index (χ1n) is 15.5. The highest BCUT2D eigenvalue weighted by molar-refractivity contribution is 5.86. The van der Waals surface area contributed by atoms with Gasteiger partial charge in [-0.1, -0.05) is 54.4 Å². The number of carboxylic acids is 1. The lowest BCUT2D eigenvalue weighted by molar-refractivity contribution is -0.167. The molecule has 37 heavy (non-hydrogen) atoms. The van der Waals surface area contributed by atoms with Gasteiger partial charge in [0.05, 0.1) is 6.61 Å². The molecule has 0 heterocycles.